The molecule has 4 heterocycles. The second-order valence-electron chi connectivity index (χ2n) is 6.79. The maximum absolute atomic E-state index is 12.8. The van der Waals surface area contributed by atoms with Crippen LogP contribution in [0.25, 0.3) is 16.6 Å². The van der Waals surface area contributed by atoms with E-state index in [1.54, 1.807) is 18.5 Å². The molecule has 0 unspecified atom stereocenters. The van der Waals surface area contributed by atoms with Crippen LogP contribution in [0.15, 0.2) is 45.9 Å². The third-order valence-corrected chi connectivity index (χ3v) is 4.64. The molecule has 0 atom stereocenters. The molecule has 0 saturated heterocycles. The van der Waals surface area contributed by atoms with Gasteiger partial charge in [0.15, 0.2) is 5.58 Å². The number of nitrogens with one attached hydrogen (secondary N) is 1. The number of nitrogens with zero attached hydrogens (tertiary/aromatic N) is 4. The summed E-state index contributed by atoms with van der Waals surface area (Å²) in [6.45, 7) is 4.54. The fourth-order valence-corrected chi connectivity index (χ4v) is 3.35. The van der Waals surface area contributed by atoms with E-state index in [2.05, 4.69) is 15.4 Å². The SMILES string of the molecule is Cc1cc2c(cc3c(=O)n(CCCC(=O)NCc4cccnc4)nc(C)n32)o1. The van der Waals surface area contributed by atoms with Crippen molar-refractivity contribution in [2.24, 2.45) is 0 Å². The van der Waals surface area contributed by atoms with E-state index in [0.717, 1.165) is 16.8 Å². The molecule has 0 aliphatic carbocycles. The van der Waals surface area contributed by atoms with Gasteiger partial charge >= 0.3 is 0 Å². The van der Waals surface area contributed by atoms with E-state index in [4.69, 9.17) is 4.42 Å². The van der Waals surface area contributed by atoms with Crippen LogP contribution in [0.3, 0.4) is 0 Å². The number of hydrogen-bond acceptors (Lipinski definition) is 5. The smallest absolute Gasteiger partial charge is 0.291 e. The first-order chi connectivity index (χ1) is 13.5. The largest absolute Gasteiger partial charge is 0.460 e. The number of aryl methyl sites for hydroxylation is 3. The van der Waals surface area contributed by atoms with Crippen molar-refractivity contribution in [3.8, 4) is 0 Å². The van der Waals surface area contributed by atoms with Gasteiger partial charge in [-0.2, -0.15) is 5.10 Å². The number of amides is 1. The van der Waals surface area contributed by atoms with Gasteiger partial charge in [0.2, 0.25) is 5.91 Å². The highest BCUT2D eigenvalue weighted by Gasteiger charge is 2.15. The van der Waals surface area contributed by atoms with E-state index in [1.807, 2.05) is 36.4 Å². The Morgan fingerprint density at radius 3 is 2.89 bits per heavy atom. The first-order valence-corrected chi connectivity index (χ1v) is 9.18. The normalized spacial score (nSPS) is 11.4. The van der Waals surface area contributed by atoms with Crippen molar-refractivity contribution in [1.82, 2.24) is 24.5 Å². The van der Waals surface area contributed by atoms with Gasteiger partial charge in [-0.25, -0.2) is 4.68 Å². The number of fused-ring (bicyclic) bond motifs is 3. The third-order valence-electron chi connectivity index (χ3n) is 4.64. The molecule has 0 aliphatic rings. The van der Waals surface area contributed by atoms with E-state index < -0.39 is 0 Å². The summed E-state index contributed by atoms with van der Waals surface area (Å²) < 4.78 is 8.86. The minimum Gasteiger partial charge on any atom is -0.460 e. The average molecular weight is 379 g/mol. The molecule has 8 nitrogen and oxygen atoms in total. The quantitative estimate of drug-likeness (QED) is 0.555. The number of furan rings is 1. The molecule has 0 spiro atoms. The molecule has 8 heteroatoms. The summed E-state index contributed by atoms with van der Waals surface area (Å²) in [4.78, 5) is 28.8. The number of carbonyl (C=O) groups excluding carboxylic acids is 1. The summed E-state index contributed by atoms with van der Waals surface area (Å²) in [5, 5.41) is 7.27. The molecular formula is C20H21N5O3. The number of carbonyl (C=O) groups is 1. The summed E-state index contributed by atoms with van der Waals surface area (Å²) in [6, 6.07) is 7.38. The summed E-state index contributed by atoms with van der Waals surface area (Å²) in [7, 11) is 0. The molecule has 1 N–H and O–H groups in total. The standard InChI is InChI=1S/C20H21N5O3/c1-13-9-16-18(28-13)10-17-20(27)24(23-14(2)25(16)17)8-4-6-19(26)22-12-15-5-3-7-21-11-15/h3,5,7,9-11H,4,6,8,12H2,1-2H3,(H,22,26). The van der Waals surface area contributed by atoms with Crippen LogP contribution >= 0.6 is 0 Å². The molecule has 0 radical (unpaired) electrons. The topological polar surface area (TPSA) is 94.4 Å². The van der Waals surface area contributed by atoms with Gasteiger partial charge in [0.05, 0.1) is 5.52 Å². The van der Waals surface area contributed by atoms with Gasteiger partial charge in [-0.05, 0) is 31.9 Å². The van der Waals surface area contributed by atoms with Gasteiger partial charge in [0, 0.05) is 44.0 Å². The van der Waals surface area contributed by atoms with E-state index in [9.17, 15) is 9.59 Å². The Morgan fingerprint density at radius 1 is 1.25 bits per heavy atom. The Hall–Kier alpha value is -3.42. The fraction of sp³-hybridized carbons (Fsp3) is 0.300. The number of aromatic nitrogens is 4. The molecule has 1 amide bonds. The zero-order valence-electron chi connectivity index (χ0n) is 15.8. The molecular weight excluding hydrogens is 358 g/mol. The van der Waals surface area contributed by atoms with Crippen molar-refractivity contribution in [3.63, 3.8) is 0 Å². The minimum atomic E-state index is -0.189. The maximum Gasteiger partial charge on any atom is 0.291 e. The highest BCUT2D eigenvalue weighted by molar-refractivity contribution is 5.83. The molecule has 144 valence electrons. The van der Waals surface area contributed by atoms with Crippen LogP contribution in [0.2, 0.25) is 0 Å². The molecule has 4 rings (SSSR count). The Kier molecular flexibility index (Phi) is 4.68. The summed E-state index contributed by atoms with van der Waals surface area (Å²) in [5.41, 5.74) is 2.80. The summed E-state index contributed by atoms with van der Waals surface area (Å²) in [6.07, 6.45) is 4.26. The minimum absolute atomic E-state index is 0.0645. The van der Waals surface area contributed by atoms with E-state index in [0.29, 0.717) is 42.9 Å². The van der Waals surface area contributed by atoms with Crippen molar-refractivity contribution in [2.75, 3.05) is 0 Å². The Bertz CT molecular complexity index is 1200. The Labute approximate surface area is 160 Å². The van der Waals surface area contributed by atoms with E-state index in [1.165, 1.54) is 4.68 Å². The molecule has 0 aromatic carbocycles. The van der Waals surface area contributed by atoms with Gasteiger partial charge in [0.25, 0.3) is 5.56 Å². The highest BCUT2D eigenvalue weighted by atomic mass is 16.3. The molecule has 28 heavy (non-hydrogen) atoms. The van der Waals surface area contributed by atoms with Crippen LogP contribution in [-0.4, -0.2) is 25.1 Å². The van der Waals surface area contributed by atoms with E-state index >= 15 is 0 Å². The lowest BCUT2D eigenvalue weighted by atomic mass is 10.2. The predicted octanol–water partition coefficient (Wildman–Crippen LogP) is 2.35. The highest BCUT2D eigenvalue weighted by Crippen LogP contribution is 2.22. The fourth-order valence-electron chi connectivity index (χ4n) is 3.35. The molecule has 0 fully saturated rings. The zero-order valence-corrected chi connectivity index (χ0v) is 15.8. The first kappa shape index (κ1) is 18.0. The maximum atomic E-state index is 12.8. The number of rotatable bonds is 6. The molecule has 4 aromatic rings. The lowest BCUT2D eigenvalue weighted by Crippen LogP contribution is -2.27. The lowest BCUT2D eigenvalue weighted by Gasteiger charge is -2.09. The molecule has 0 bridgehead atoms. The van der Waals surface area contributed by atoms with Crippen LogP contribution in [0.5, 0.6) is 0 Å². The van der Waals surface area contributed by atoms with Gasteiger partial charge in [-0.15, -0.1) is 0 Å². The van der Waals surface area contributed by atoms with Crippen molar-refractivity contribution >= 4 is 22.5 Å². The average Bonchev–Trinajstić information content (AvgIpc) is 3.21. The second-order valence-corrected chi connectivity index (χ2v) is 6.79. The Balaban J connectivity index is 1.43. The van der Waals surface area contributed by atoms with Gasteiger partial charge < -0.3 is 9.73 Å². The second kappa shape index (κ2) is 7.30. The van der Waals surface area contributed by atoms with Crippen molar-refractivity contribution in [2.45, 2.75) is 39.8 Å². The van der Waals surface area contributed by atoms with Crippen molar-refractivity contribution < 1.29 is 9.21 Å². The molecule has 0 saturated carbocycles. The van der Waals surface area contributed by atoms with Gasteiger partial charge in [-0.1, -0.05) is 6.07 Å². The van der Waals surface area contributed by atoms with Crippen molar-refractivity contribution in [3.05, 3.63) is 64.2 Å². The lowest BCUT2D eigenvalue weighted by molar-refractivity contribution is -0.121. The molecule has 4 aromatic heterocycles. The van der Waals surface area contributed by atoms with Crippen molar-refractivity contribution in [1.29, 1.82) is 0 Å². The molecule has 0 aliphatic heterocycles. The first-order valence-electron chi connectivity index (χ1n) is 9.18. The van der Waals surface area contributed by atoms with Crippen LogP contribution in [0.1, 0.15) is 30.0 Å². The third kappa shape index (κ3) is 3.40. The Morgan fingerprint density at radius 2 is 2.11 bits per heavy atom. The summed E-state index contributed by atoms with van der Waals surface area (Å²) in [5.74, 6) is 1.43. The van der Waals surface area contributed by atoms with E-state index in [-0.39, 0.29) is 11.5 Å². The van der Waals surface area contributed by atoms with Crippen LogP contribution in [-0.2, 0) is 17.9 Å². The summed E-state index contributed by atoms with van der Waals surface area (Å²) >= 11 is 0. The van der Waals surface area contributed by atoms with Gasteiger partial charge in [0.1, 0.15) is 17.1 Å². The monoisotopic (exact) mass is 379 g/mol. The number of pyridine rings is 1. The number of hydrogen-bond donors (Lipinski definition) is 1. The predicted molar refractivity (Wildman–Crippen MR) is 104 cm³/mol. The zero-order chi connectivity index (χ0) is 19.7. The van der Waals surface area contributed by atoms with Crippen LogP contribution in [0, 0.1) is 13.8 Å². The van der Waals surface area contributed by atoms with Crippen LogP contribution in [0.4, 0.5) is 0 Å². The van der Waals surface area contributed by atoms with Gasteiger partial charge in [-0.3, -0.25) is 19.0 Å². The van der Waals surface area contributed by atoms with Crippen LogP contribution < -0.4 is 10.9 Å².